The molecule has 3 N–H and O–H groups in total. The average molecular weight is 359 g/mol. The number of halogens is 1. The predicted octanol–water partition coefficient (Wildman–Crippen LogP) is 3.11. The van der Waals surface area contributed by atoms with Crippen LogP contribution in [0.4, 0.5) is 0 Å². The molecule has 0 aliphatic heterocycles. The van der Waals surface area contributed by atoms with E-state index < -0.39 is 0 Å². The van der Waals surface area contributed by atoms with Gasteiger partial charge in [-0.1, -0.05) is 23.8 Å². The lowest BCUT2D eigenvalue weighted by Gasteiger charge is -2.04. The van der Waals surface area contributed by atoms with Gasteiger partial charge in [-0.05, 0) is 45.7 Å². The van der Waals surface area contributed by atoms with Gasteiger partial charge in [0, 0.05) is 21.4 Å². The SMILES string of the molecule is CCc1nsc(Sc2ccc(/C(N)=N/O)c(Br)c2)n1. The van der Waals surface area contributed by atoms with E-state index in [0.717, 1.165) is 26.0 Å². The zero-order valence-corrected chi connectivity index (χ0v) is 13.2. The molecule has 0 unspecified atom stereocenters. The van der Waals surface area contributed by atoms with E-state index in [1.54, 1.807) is 6.07 Å². The highest BCUT2D eigenvalue weighted by Gasteiger charge is 2.09. The third-order valence-electron chi connectivity index (χ3n) is 2.30. The second-order valence-corrected chi connectivity index (χ2v) is 6.49. The highest BCUT2D eigenvalue weighted by atomic mass is 79.9. The molecule has 0 fully saturated rings. The first-order valence-electron chi connectivity index (χ1n) is 5.42. The van der Waals surface area contributed by atoms with Crippen LogP contribution >= 0.6 is 39.2 Å². The van der Waals surface area contributed by atoms with E-state index in [9.17, 15) is 0 Å². The van der Waals surface area contributed by atoms with E-state index in [2.05, 4.69) is 30.4 Å². The van der Waals surface area contributed by atoms with Crippen LogP contribution in [0.25, 0.3) is 0 Å². The monoisotopic (exact) mass is 358 g/mol. The molecule has 0 bridgehead atoms. The van der Waals surface area contributed by atoms with Crippen LogP contribution in [0.15, 0.2) is 37.1 Å². The lowest BCUT2D eigenvalue weighted by Crippen LogP contribution is -2.13. The number of hydrogen-bond acceptors (Lipinski definition) is 6. The van der Waals surface area contributed by atoms with Gasteiger partial charge >= 0.3 is 0 Å². The minimum absolute atomic E-state index is 0.0765. The van der Waals surface area contributed by atoms with Crippen molar-refractivity contribution in [3.05, 3.63) is 34.1 Å². The molecule has 0 amide bonds. The maximum Gasteiger partial charge on any atom is 0.174 e. The van der Waals surface area contributed by atoms with Gasteiger partial charge in [0.15, 0.2) is 10.2 Å². The zero-order valence-electron chi connectivity index (χ0n) is 10.00. The van der Waals surface area contributed by atoms with Crippen molar-refractivity contribution in [2.75, 3.05) is 0 Å². The van der Waals surface area contributed by atoms with Gasteiger partial charge in [0.1, 0.15) is 5.82 Å². The molecule has 1 aromatic carbocycles. The summed E-state index contributed by atoms with van der Waals surface area (Å²) in [6.07, 6.45) is 0.836. The van der Waals surface area contributed by atoms with Crippen molar-refractivity contribution in [1.29, 1.82) is 0 Å². The summed E-state index contributed by atoms with van der Waals surface area (Å²) >= 11 is 6.33. The Hall–Kier alpha value is -1.12. The van der Waals surface area contributed by atoms with Gasteiger partial charge in [-0.15, -0.1) is 0 Å². The van der Waals surface area contributed by atoms with Crippen LogP contribution in [0, 0.1) is 0 Å². The first kappa shape index (κ1) is 14.3. The standard InChI is InChI=1S/C11H11BrN4OS2/c1-2-9-14-11(19-16-9)18-6-3-4-7(8(12)5-6)10(13)15-17/h3-5,17H,2H2,1H3,(H2,13,15). The third-order valence-corrected chi connectivity index (χ3v) is 4.73. The van der Waals surface area contributed by atoms with Crippen molar-refractivity contribution in [2.45, 2.75) is 22.6 Å². The number of oxime groups is 1. The third kappa shape index (κ3) is 3.46. The van der Waals surface area contributed by atoms with Crippen LogP contribution < -0.4 is 5.73 Å². The summed E-state index contributed by atoms with van der Waals surface area (Å²) in [5.74, 6) is 0.937. The van der Waals surface area contributed by atoms with Gasteiger partial charge in [0.2, 0.25) is 0 Å². The number of hydrogen-bond donors (Lipinski definition) is 2. The molecule has 0 atom stereocenters. The van der Waals surface area contributed by atoms with E-state index in [0.29, 0.717) is 5.56 Å². The zero-order chi connectivity index (χ0) is 13.8. The maximum absolute atomic E-state index is 8.67. The van der Waals surface area contributed by atoms with Crippen molar-refractivity contribution in [1.82, 2.24) is 9.36 Å². The Balaban J connectivity index is 2.20. The molecule has 8 heteroatoms. The van der Waals surface area contributed by atoms with Gasteiger partial charge in [-0.3, -0.25) is 0 Å². The molecule has 2 aromatic rings. The number of nitrogens with zero attached hydrogens (tertiary/aromatic N) is 3. The molecule has 0 spiro atoms. The van der Waals surface area contributed by atoms with Gasteiger partial charge in [0.25, 0.3) is 0 Å². The molecule has 1 heterocycles. The van der Waals surface area contributed by atoms with Gasteiger partial charge < -0.3 is 10.9 Å². The Morgan fingerprint density at radius 1 is 1.58 bits per heavy atom. The Morgan fingerprint density at radius 2 is 2.37 bits per heavy atom. The van der Waals surface area contributed by atoms with Crippen molar-refractivity contribution in [3.63, 3.8) is 0 Å². The Bertz CT molecular complexity index is 614. The van der Waals surface area contributed by atoms with Crippen molar-refractivity contribution in [2.24, 2.45) is 10.9 Å². The summed E-state index contributed by atoms with van der Waals surface area (Å²) in [5, 5.41) is 11.7. The molecule has 1 aromatic heterocycles. The van der Waals surface area contributed by atoms with Crippen molar-refractivity contribution >= 4 is 45.1 Å². The lowest BCUT2D eigenvalue weighted by atomic mass is 10.2. The maximum atomic E-state index is 8.67. The number of aryl methyl sites for hydroxylation is 1. The van der Waals surface area contributed by atoms with Gasteiger partial charge in [-0.25, -0.2) is 4.98 Å². The lowest BCUT2D eigenvalue weighted by molar-refractivity contribution is 0.318. The average Bonchev–Trinajstić information content (AvgIpc) is 2.86. The number of aromatic nitrogens is 2. The summed E-state index contributed by atoms with van der Waals surface area (Å²) in [7, 11) is 0. The predicted molar refractivity (Wildman–Crippen MR) is 80.1 cm³/mol. The molecule has 0 aliphatic rings. The second-order valence-electron chi connectivity index (χ2n) is 3.56. The number of amidine groups is 1. The molecular weight excluding hydrogens is 348 g/mol. The van der Waals surface area contributed by atoms with Gasteiger partial charge in [0.05, 0.1) is 0 Å². The van der Waals surface area contributed by atoms with E-state index in [1.807, 2.05) is 19.1 Å². The summed E-state index contributed by atoms with van der Waals surface area (Å²) in [4.78, 5) is 5.41. The summed E-state index contributed by atoms with van der Waals surface area (Å²) < 4.78 is 5.91. The van der Waals surface area contributed by atoms with Crippen molar-refractivity contribution in [3.8, 4) is 0 Å². The fourth-order valence-electron chi connectivity index (χ4n) is 1.34. The molecule has 2 rings (SSSR count). The summed E-state index contributed by atoms with van der Waals surface area (Å²) in [6, 6.07) is 5.60. The Morgan fingerprint density at radius 3 is 2.95 bits per heavy atom. The van der Waals surface area contributed by atoms with E-state index >= 15 is 0 Å². The quantitative estimate of drug-likeness (QED) is 0.379. The van der Waals surface area contributed by atoms with Crippen LogP contribution in [-0.2, 0) is 6.42 Å². The molecular formula is C11H11BrN4OS2. The molecule has 0 saturated heterocycles. The largest absolute Gasteiger partial charge is 0.409 e. The Kier molecular flexibility index (Phi) is 4.78. The summed E-state index contributed by atoms with van der Waals surface area (Å²) in [5.41, 5.74) is 6.21. The Labute approximate surface area is 127 Å². The van der Waals surface area contributed by atoms with Crippen LogP contribution in [0.3, 0.4) is 0 Å². The van der Waals surface area contributed by atoms with Gasteiger partial charge in [-0.2, -0.15) is 4.37 Å². The van der Waals surface area contributed by atoms with E-state index in [-0.39, 0.29) is 5.84 Å². The van der Waals surface area contributed by atoms with Crippen LogP contribution in [0.2, 0.25) is 0 Å². The topological polar surface area (TPSA) is 84.4 Å². The van der Waals surface area contributed by atoms with Crippen molar-refractivity contribution < 1.29 is 5.21 Å². The van der Waals surface area contributed by atoms with Crippen LogP contribution in [0.1, 0.15) is 18.3 Å². The smallest absolute Gasteiger partial charge is 0.174 e. The van der Waals surface area contributed by atoms with Crippen LogP contribution in [0.5, 0.6) is 0 Å². The van der Waals surface area contributed by atoms with E-state index in [1.165, 1.54) is 23.3 Å². The second kappa shape index (κ2) is 6.36. The highest BCUT2D eigenvalue weighted by molar-refractivity contribution is 9.10. The number of rotatable bonds is 4. The molecule has 19 heavy (non-hydrogen) atoms. The summed E-state index contributed by atoms with van der Waals surface area (Å²) in [6.45, 7) is 2.03. The fourth-order valence-corrected chi connectivity index (χ4v) is 3.79. The number of benzene rings is 1. The molecule has 100 valence electrons. The van der Waals surface area contributed by atoms with Crippen LogP contribution in [-0.4, -0.2) is 20.4 Å². The molecule has 0 radical (unpaired) electrons. The van der Waals surface area contributed by atoms with E-state index in [4.69, 9.17) is 10.9 Å². The first-order valence-corrected chi connectivity index (χ1v) is 7.80. The number of nitrogens with two attached hydrogens (primary N) is 1. The molecule has 0 aliphatic carbocycles. The highest BCUT2D eigenvalue weighted by Crippen LogP contribution is 2.32. The fraction of sp³-hybridized carbons (Fsp3) is 0.182. The molecule has 0 saturated carbocycles. The minimum Gasteiger partial charge on any atom is -0.409 e. The first-order chi connectivity index (χ1) is 9.13. The normalized spacial score (nSPS) is 11.8. The minimum atomic E-state index is 0.0765. The molecule has 5 nitrogen and oxygen atoms in total.